The van der Waals surface area contributed by atoms with Crippen LogP contribution in [0.3, 0.4) is 0 Å². The summed E-state index contributed by atoms with van der Waals surface area (Å²) in [6, 6.07) is 0.713. The third-order valence-electron chi connectivity index (χ3n) is 4.25. The van der Waals surface area contributed by atoms with Crippen LogP contribution in [0.2, 0.25) is 0 Å². The maximum absolute atomic E-state index is 5.67. The minimum Gasteiger partial charge on any atom is -0.383 e. The Labute approximate surface area is 120 Å². The first-order chi connectivity index (χ1) is 9.23. The lowest BCUT2D eigenvalue weighted by Crippen LogP contribution is -2.37. The van der Waals surface area contributed by atoms with E-state index in [1.807, 2.05) is 0 Å². The predicted octanol–water partition coefficient (Wildman–Crippen LogP) is 3.28. The van der Waals surface area contributed by atoms with Gasteiger partial charge in [0.2, 0.25) is 0 Å². The summed E-state index contributed by atoms with van der Waals surface area (Å²) in [4.78, 5) is 2.61. The molecule has 2 N–H and O–H groups in total. The van der Waals surface area contributed by atoms with Crippen LogP contribution < -0.4 is 5.73 Å². The van der Waals surface area contributed by atoms with Crippen LogP contribution >= 0.6 is 0 Å². The van der Waals surface area contributed by atoms with Gasteiger partial charge < -0.3 is 10.5 Å². The highest BCUT2D eigenvalue weighted by Gasteiger charge is 2.15. The summed E-state index contributed by atoms with van der Waals surface area (Å²) in [5.41, 5.74) is 5.67. The van der Waals surface area contributed by atoms with Crippen LogP contribution in [0, 0.1) is 5.92 Å². The molecular weight excluding hydrogens is 236 g/mol. The summed E-state index contributed by atoms with van der Waals surface area (Å²) in [7, 11) is 1.79. The molecule has 0 aromatic carbocycles. The quantitative estimate of drug-likeness (QED) is 0.559. The van der Waals surface area contributed by atoms with E-state index < -0.39 is 0 Å². The fourth-order valence-electron chi connectivity index (χ4n) is 2.86. The number of rotatable bonds is 13. The Kier molecular flexibility index (Phi) is 12.8. The summed E-state index contributed by atoms with van der Waals surface area (Å²) in [5.74, 6) is 0.816. The first-order valence-electron chi connectivity index (χ1n) is 8.16. The van der Waals surface area contributed by atoms with Gasteiger partial charge in [-0.2, -0.15) is 0 Å². The van der Waals surface area contributed by atoms with E-state index in [1.165, 1.54) is 45.1 Å². The van der Waals surface area contributed by atoms with E-state index in [0.29, 0.717) is 6.04 Å². The monoisotopic (exact) mass is 272 g/mol. The second kappa shape index (κ2) is 12.9. The number of hydrogen-bond donors (Lipinski definition) is 1. The highest BCUT2D eigenvalue weighted by molar-refractivity contribution is 4.70. The van der Waals surface area contributed by atoms with E-state index in [1.54, 1.807) is 7.11 Å². The molecule has 19 heavy (non-hydrogen) atoms. The van der Waals surface area contributed by atoms with Crippen molar-refractivity contribution in [3.05, 3.63) is 0 Å². The van der Waals surface area contributed by atoms with Crippen molar-refractivity contribution in [1.82, 2.24) is 4.90 Å². The Bertz CT molecular complexity index is 184. The van der Waals surface area contributed by atoms with Crippen molar-refractivity contribution in [3.63, 3.8) is 0 Å². The molecule has 0 saturated heterocycles. The van der Waals surface area contributed by atoms with Crippen LogP contribution in [0.25, 0.3) is 0 Å². The molecule has 3 heteroatoms. The SMILES string of the molecule is CCC(CCN)CCCN(CCOC)C(CC)CC. The molecule has 0 bridgehead atoms. The molecule has 0 aromatic heterocycles. The topological polar surface area (TPSA) is 38.5 Å². The van der Waals surface area contributed by atoms with Gasteiger partial charge in [-0.1, -0.05) is 27.2 Å². The molecule has 0 aliphatic carbocycles. The average molecular weight is 272 g/mol. The molecule has 0 aromatic rings. The van der Waals surface area contributed by atoms with Crippen LogP contribution in [0.15, 0.2) is 0 Å². The van der Waals surface area contributed by atoms with Crippen molar-refractivity contribution < 1.29 is 4.74 Å². The molecule has 116 valence electrons. The van der Waals surface area contributed by atoms with Gasteiger partial charge in [-0.25, -0.2) is 0 Å². The lowest BCUT2D eigenvalue weighted by Gasteiger charge is -2.30. The fourth-order valence-corrected chi connectivity index (χ4v) is 2.86. The van der Waals surface area contributed by atoms with E-state index in [2.05, 4.69) is 25.7 Å². The van der Waals surface area contributed by atoms with Gasteiger partial charge in [0, 0.05) is 19.7 Å². The largest absolute Gasteiger partial charge is 0.383 e. The standard InChI is InChI=1S/C16H36N2O/c1-5-15(10-11-17)9-8-12-18(13-14-19-4)16(6-2)7-3/h15-16H,5-14,17H2,1-4H3. The van der Waals surface area contributed by atoms with Gasteiger partial charge in [-0.3, -0.25) is 4.90 Å². The molecule has 1 atom stereocenters. The Balaban J connectivity index is 4.09. The van der Waals surface area contributed by atoms with Crippen molar-refractivity contribution in [2.45, 2.75) is 65.3 Å². The maximum atomic E-state index is 5.67. The summed E-state index contributed by atoms with van der Waals surface area (Å²) in [5, 5.41) is 0. The molecule has 0 radical (unpaired) electrons. The number of nitrogens with two attached hydrogens (primary N) is 1. The van der Waals surface area contributed by atoms with Gasteiger partial charge in [-0.15, -0.1) is 0 Å². The molecule has 0 aliphatic heterocycles. The highest BCUT2D eigenvalue weighted by atomic mass is 16.5. The van der Waals surface area contributed by atoms with Crippen molar-refractivity contribution in [3.8, 4) is 0 Å². The van der Waals surface area contributed by atoms with Crippen LogP contribution in [-0.2, 0) is 4.74 Å². The van der Waals surface area contributed by atoms with Crippen LogP contribution in [0.1, 0.15) is 59.3 Å². The second-order valence-electron chi connectivity index (χ2n) is 5.49. The van der Waals surface area contributed by atoms with Crippen LogP contribution in [0.5, 0.6) is 0 Å². The highest BCUT2D eigenvalue weighted by Crippen LogP contribution is 2.16. The Morgan fingerprint density at radius 1 is 1.00 bits per heavy atom. The van der Waals surface area contributed by atoms with Crippen molar-refractivity contribution >= 4 is 0 Å². The van der Waals surface area contributed by atoms with Crippen LogP contribution in [-0.4, -0.2) is 44.3 Å². The van der Waals surface area contributed by atoms with Crippen LogP contribution in [0.4, 0.5) is 0 Å². The lowest BCUT2D eigenvalue weighted by molar-refractivity contribution is 0.112. The summed E-state index contributed by atoms with van der Waals surface area (Å²) < 4.78 is 5.24. The first-order valence-corrected chi connectivity index (χ1v) is 8.16. The molecule has 0 rings (SSSR count). The number of nitrogens with zero attached hydrogens (tertiary/aromatic N) is 1. The first kappa shape index (κ1) is 18.9. The maximum Gasteiger partial charge on any atom is 0.0589 e. The van der Waals surface area contributed by atoms with E-state index in [9.17, 15) is 0 Å². The fraction of sp³-hybridized carbons (Fsp3) is 1.00. The van der Waals surface area contributed by atoms with Gasteiger partial charge in [0.25, 0.3) is 0 Å². The van der Waals surface area contributed by atoms with E-state index in [-0.39, 0.29) is 0 Å². The third kappa shape index (κ3) is 8.61. The number of hydrogen-bond acceptors (Lipinski definition) is 3. The zero-order valence-electron chi connectivity index (χ0n) is 13.7. The van der Waals surface area contributed by atoms with Gasteiger partial charge in [0.05, 0.1) is 6.61 Å². The summed E-state index contributed by atoms with van der Waals surface area (Å²) in [6.45, 7) is 10.8. The lowest BCUT2D eigenvalue weighted by atomic mass is 9.96. The predicted molar refractivity (Wildman–Crippen MR) is 84.5 cm³/mol. The smallest absolute Gasteiger partial charge is 0.0589 e. The minimum absolute atomic E-state index is 0.713. The number of ether oxygens (including phenoxy) is 1. The Hall–Kier alpha value is -0.120. The Morgan fingerprint density at radius 2 is 1.68 bits per heavy atom. The minimum atomic E-state index is 0.713. The number of methoxy groups -OCH3 is 1. The summed E-state index contributed by atoms with van der Waals surface area (Å²) >= 11 is 0. The van der Waals surface area contributed by atoms with Gasteiger partial charge >= 0.3 is 0 Å². The molecule has 0 aliphatic rings. The molecular formula is C16H36N2O. The molecule has 0 saturated carbocycles. The van der Waals surface area contributed by atoms with Gasteiger partial charge in [0.1, 0.15) is 0 Å². The van der Waals surface area contributed by atoms with Gasteiger partial charge in [0.15, 0.2) is 0 Å². The normalized spacial score (nSPS) is 13.4. The Morgan fingerprint density at radius 3 is 2.16 bits per heavy atom. The zero-order chi connectivity index (χ0) is 14.5. The van der Waals surface area contributed by atoms with E-state index in [4.69, 9.17) is 10.5 Å². The third-order valence-corrected chi connectivity index (χ3v) is 4.25. The average Bonchev–Trinajstić information content (AvgIpc) is 2.44. The summed E-state index contributed by atoms with van der Waals surface area (Å²) in [6.07, 6.45) is 7.52. The van der Waals surface area contributed by atoms with Crippen molar-refractivity contribution in [1.29, 1.82) is 0 Å². The molecule has 0 spiro atoms. The zero-order valence-corrected chi connectivity index (χ0v) is 13.7. The second-order valence-corrected chi connectivity index (χ2v) is 5.49. The van der Waals surface area contributed by atoms with Crippen molar-refractivity contribution in [2.24, 2.45) is 11.7 Å². The molecule has 1 unspecified atom stereocenters. The molecule has 0 amide bonds. The van der Waals surface area contributed by atoms with E-state index >= 15 is 0 Å². The molecule has 0 fully saturated rings. The van der Waals surface area contributed by atoms with E-state index in [0.717, 1.165) is 25.6 Å². The van der Waals surface area contributed by atoms with Gasteiger partial charge in [-0.05, 0) is 51.1 Å². The molecule has 0 heterocycles. The molecule has 3 nitrogen and oxygen atoms in total. The van der Waals surface area contributed by atoms with Crippen molar-refractivity contribution in [2.75, 3.05) is 33.4 Å².